The van der Waals surface area contributed by atoms with Crippen LogP contribution in [0.15, 0.2) is 36.4 Å². The summed E-state index contributed by atoms with van der Waals surface area (Å²) in [5.41, 5.74) is 4.02. The fourth-order valence-corrected chi connectivity index (χ4v) is 4.96. The Labute approximate surface area is 176 Å². The standard InChI is InChI=1S/C24H29FN2O3/c25-22-10-17(13-26-14-18(15-26)16-29-28)4-6-21(22)24-12-19-11-20(5-7-23(19)30-24)27-8-2-1-3-9-27/h4-7,10-11,18,24,28H,1-3,8-9,12-16H2. The Balaban J connectivity index is 1.23. The van der Waals surface area contributed by atoms with E-state index < -0.39 is 0 Å². The fourth-order valence-electron chi connectivity index (χ4n) is 4.96. The Bertz CT molecular complexity index is 894. The predicted molar refractivity (Wildman–Crippen MR) is 113 cm³/mol. The van der Waals surface area contributed by atoms with E-state index in [1.165, 1.54) is 30.5 Å². The predicted octanol–water partition coefficient (Wildman–Crippen LogP) is 4.41. The molecule has 3 heterocycles. The van der Waals surface area contributed by atoms with Gasteiger partial charge >= 0.3 is 0 Å². The molecule has 0 spiro atoms. The molecule has 2 saturated heterocycles. The highest BCUT2D eigenvalue weighted by Crippen LogP contribution is 2.40. The van der Waals surface area contributed by atoms with Gasteiger partial charge in [0, 0.05) is 61.9 Å². The van der Waals surface area contributed by atoms with Gasteiger partial charge in [0.25, 0.3) is 0 Å². The smallest absolute Gasteiger partial charge is 0.131 e. The Morgan fingerprint density at radius 1 is 1.07 bits per heavy atom. The molecule has 3 aliphatic heterocycles. The summed E-state index contributed by atoms with van der Waals surface area (Å²) >= 11 is 0. The van der Waals surface area contributed by atoms with Gasteiger partial charge in [-0.15, -0.1) is 0 Å². The van der Waals surface area contributed by atoms with Crippen LogP contribution in [-0.2, 0) is 17.9 Å². The Hall–Kier alpha value is -2.15. The van der Waals surface area contributed by atoms with Gasteiger partial charge in [0.2, 0.25) is 0 Å². The molecule has 6 heteroatoms. The molecule has 2 aromatic carbocycles. The molecule has 5 nitrogen and oxygen atoms in total. The number of piperidine rings is 1. The molecule has 2 aromatic rings. The fraction of sp³-hybridized carbons (Fsp3) is 0.500. The van der Waals surface area contributed by atoms with Crippen LogP contribution in [0.1, 0.15) is 42.1 Å². The van der Waals surface area contributed by atoms with Crippen molar-refractivity contribution < 1.29 is 19.3 Å². The number of ether oxygens (including phenoxy) is 1. The largest absolute Gasteiger partial charge is 0.485 e. The monoisotopic (exact) mass is 412 g/mol. The van der Waals surface area contributed by atoms with Gasteiger partial charge in [0.05, 0.1) is 6.61 Å². The lowest BCUT2D eigenvalue weighted by molar-refractivity contribution is -0.258. The Morgan fingerprint density at radius 2 is 1.90 bits per heavy atom. The van der Waals surface area contributed by atoms with Gasteiger partial charge in [0.1, 0.15) is 17.7 Å². The third kappa shape index (κ3) is 4.04. The quantitative estimate of drug-likeness (QED) is 0.562. The molecule has 0 aliphatic carbocycles. The molecule has 0 bridgehead atoms. The third-order valence-corrected chi connectivity index (χ3v) is 6.60. The van der Waals surface area contributed by atoms with E-state index in [4.69, 9.17) is 9.99 Å². The molecule has 0 aromatic heterocycles. The number of fused-ring (bicyclic) bond motifs is 1. The number of benzene rings is 2. The van der Waals surface area contributed by atoms with Gasteiger partial charge in [-0.05, 0) is 49.1 Å². The first-order valence-electron chi connectivity index (χ1n) is 11.0. The average molecular weight is 413 g/mol. The number of rotatable bonds is 6. The van der Waals surface area contributed by atoms with Gasteiger partial charge < -0.3 is 9.64 Å². The van der Waals surface area contributed by atoms with Gasteiger partial charge in [-0.2, -0.15) is 0 Å². The summed E-state index contributed by atoms with van der Waals surface area (Å²) in [4.78, 5) is 8.87. The average Bonchev–Trinajstić information content (AvgIpc) is 3.16. The van der Waals surface area contributed by atoms with Crippen LogP contribution in [0.25, 0.3) is 0 Å². The zero-order valence-electron chi connectivity index (χ0n) is 17.2. The van der Waals surface area contributed by atoms with Crippen molar-refractivity contribution in [2.45, 2.75) is 38.3 Å². The maximum absolute atomic E-state index is 14.9. The molecule has 30 heavy (non-hydrogen) atoms. The normalized spacial score (nSPS) is 21.9. The van der Waals surface area contributed by atoms with Crippen molar-refractivity contribution in [3.63, 3.8) is 0 Å². The number of likely N-dealkylation sites (tertiary alicyclic amines) is 1. The maximum Gasteiger partial charge on any atom is 0.131 e. The summed E-state index contributed by atoms with van der Waals surface area (Å²) in [5, 5.41) is 8.51. The van der Waals surface area contributed by atoms with Crippen LogP contribution in [0.5, 0.6) is 5.75 Å². The molecular formula is C24H29FN2O3. The molecule has 0 amide bonds. The van der Waals surface area contributed by atoms with Crippen LogP contribution >= 0.6 is 0 Å². The van der Waals surface area contributed by atoms with E-state index in [0.717, 1.165) is 37.5 Å². The first kappa shape index (κ1) is 19.8. The van der Waals surface area contributed by atoms with Crippen LogP contribution in [0.3, 0.4) is 0 Å². The third-order valence-electron chi connectivity index (χ3n) is 6.60. The SMILES string of the molecule is OOCC1CN(Cc2ccc(C3Cc4cc(N5CCCCC5)ccc4O3)c(F)c2)C1. The van der Waals surface area contributed by atoms with E-state index in [2.05, 4.69) is 26.8 Å². The summed E-state index contributed by atoms with van der Waals surface area (Å²) < 4.78 is 21.0. The number of nitrogens with zero attached hydrogens (tertiary/aromatic N) is 2. The Morgan fingerprint density at radius 3 is 2.67 bits per heavy atom. The molecule has 1 atom stereocenters. The molecule has 160 valence electrons. The van der Waals surface area contributed by atoms with E-state index in [-0.39, 0.29) is 11.9 Å². The first-order chi connectivity index (χ1) is 14.7. The highest BCUT2D eigenvalue weighted by Gasteiger charge is 2.29. The van der Waals surface area contributed by atoms with Crippen molar-refractivity contribution in [2.24, 2.45) is 5.92 Å². The minimum Gasteiger partial charge on any atom is -0.485 e. The van der Waals surface area contributed by atoms with Gasteiger partial charge in [0.15, 0.2) is 0 Å². The number of anilines is 1. The van der Waals surface area contributed by atoms with Crippen molar-refractivity contribution >= 4 is 5.69 Å². The lowest BCUT2D eigenvalue weighted by Gasteiger charge is -2.38. The second-order valence-corrected chi connectivity index (χ2v) is 8.86. The van der Waals surface area contributed by atoms with Crippen molar-refractivity contribution in [2.75, 3.05) is 37.7 Å². The molecule has 5 rings (SSSR count). The van der Waals surface area contributed by atoms with E-state index in [0.29, 0.717) is 31.1 Å². The van der Waals surface area contributed by atoms with E-state index in [9.17, 15) is 4.39 Å². The van der Waals surface area contributed by atoms with Crippen molar-refractivity contribution in [3.05, 3.63) is 58.9 Å². The summed E-state index contributed by atoms with van der Waals surface area (Å²) in [6, 6.07) is 11.9. The van der Waals surface area contributed by atoms with Crippen LogP contribution in [0.2, 0.25) is 0 Å². The van der Waals surface area contributed by atoms with Gasteiger partial charge in [-0.3, -0.25) is 10.2 Å². The van der Waals surface area contributed by atoms with Crippen LogP contribution < -0.4 is 9.64 Å². The summed E-state index contributed by atoms with van der Waals surface area (Å²) in [6.45, 7) is 5.04. The Kier molecular flexibility index (Phi) is 5.63. The summed E-state index contributed by atoms with van der Waals surface area (Å²) in [5.74, 6) is 1.04. The van der Waals surface area contributed by atoms with Crippen molar-refractivity contribution in [3.8, 4) is 5.75 Å². The van der Waals surface area contributed by atoms with E-state index in [1.54, 1.807) is 6.07 Å². The zero-order valence-corrected chi connectivity index (χ0v) is 17.2. The van der Waals surface area contributed by atoms with Crippen molar-refractivity contribution in [1.82, 2.24) is 4.90 Å². The lowest BCUT2D eigenvalue weighted by atomic mass is 9.98. The van der Waals surface area contributed by atoms with Crippen molar-refractivity contribution in [1.29, 1.82) is 0 Å². The van der Waals surface area contributed by atoms with Crippen LogP contribution in [-0.4, -0.2) is 42.9 Å². The molecule has 0 radical (unpaired) electrons. The molecule has 3 aliphatic rings. The second kappa shape index (κ2) is 8.53. The molecular weight excluding hydrogens is 383 g/mol. The van der Waals surface area contributed by atoms with E-state index >= 15 is 0 Å². The first-order valence-corrected chi connectivity index (χ1v) is 11.0. The highest BCUT2D eigenvalue weighted by atomic mass is 19.1. The van der Waals surface area contributed by atoms with Gasteiger partial charge in [-0.25, -0.2) is 9.28 Å². The highest BCUT2D eigenvalue weighted by molar-refractivity contribution is 5.55. The number of hydrogen-bond acceptors (Lipinski definition) is 5. The summed E-state index contributed by atoms with van der Waals surface area (Å²) in [6.07, 6.45) is 4.27. The minimum atomic E-state index is -0.263. The molecule has 2 fully saturated rings. The zero-order chi connectivity index (χ0) is 20.5. The molecule has 1 unspecified atom stereocenters. The second-order valence-electron chi connectivity index (χ2n) is 8.86. The summed E-state index contributed by atoms with van der Waals surface area (Å²) in [7, 11) is 0. The van der Waals surface area contributed by atoms with Gasteiger partial charge in [-0.1, -0.05) is 12.1 Å². The van der Waals surface area contributed by atoms with Crippen LogP contribution in [0.4, 0.5) is 10.1 Å². The molecule has 1 N–H and O–H groups in total. The van der Waals surface area contributed by atoms with Crippen LogP contribution in [0, 0.1) is 11.7 Å². The molecule has 0 saturated carbocycles. The van der Waals surface area contributed by atoms with E-state index in [1.807, 2.05) is 18.2 Å². The minimum absolute atomic E-state index is 0.197. The maximum atomic E-state index is 14.9. The lowest BCUT2D eigenvalue weighted by Crippen LogP contribution is -2.47. The number of halogens is 1. The number of hydrogen-bond donors (Lipinski definition) is 1. The topological polar surface area (TPSA) is 45.2 Å².